The first-order chi connectivity index (χ1) is 9.26. The molecule has 20 heavy (non-hydrogen) atoms. The van der Waals surface area contributed by atoms with Gasteiger partial charge in [-0.3, -0.25) is 0 Å². The Kier molecular flexibility index (Phi) is 4.71. The number of halogens is 1. The molecular weight excluding hydrogens is 342 g/mol. The van der Waals surface area contributed by atoms with Gasteiger partial charge in [0.2, 0.25) is 0 Å². The number of nitrogens with zero attached hydrogens (tertiary/aromatic N) is 2. The highest BCUT2D eigenvalue weighted by atomic mass is 79.9. The molecule has 0 spiro atoms. The fourth-order valence-corrected chi connectivity index (χ4v) is 3.34. The van der Waals surface area contributed by atoms with Crippen LogP contribution in [-0.4, -0.2) is 40.2 Å². The number of likely N-dealkylation sites (tertiary alicyclic amines) is 1. The zero-order valence-electron chi connectivity index (χ0n) is 11.9. The van der Waals surface area contributed by atoms with Gasteiger partial charge >= 0.3 is 6.09 Å². The highest BCUT2D eigenvalue weighted by molar-refractivity contribution is 9.11. The number of thiazole rings is 1. The monoisotopic (exact) mass is 361 g/mol. The van der Waals surface area contributed by atoms with Crippen LogP contribution in [0.4, 0.5) is 4.79 Å². The van der Waals surface area contributed by atoms with Crippen LogP contribution in [0.25, 0.3) is 0 Å². The number of nitrogens with two attached hydrogens (primary N) is 1. The van der Waals surface area contributed by atoms with Gasteiger partial charge in [-0.2, -0.15) is 0 Å². The summed E-state index contributed by atoms with van der Waals surface area (Å²) in [5.74, 6) is 0. The molecule has 2 N–H and O–H groups in total. The van der Waals surface area contributed by atoms with Gasteiger partial charge in [0, 0.05) is 24.4 Å². The smallest absolute Gasteiger partial charge is 0.410 e. The largest absolute Gasteiger partial charge is 0.444 e. The van der Waals surface area contributed by atoms with E-state index in [1.807, 2.05) is 26.2 Å². The summed E-state index contributed by atoms with van der Waals surface area (Å²) < 4.78 is 6.30. The third-order valence-corrected chi connectivity index (χ3v) is 4.58. The van der Waals surface area contributed by atoms with Crippen molar-refractivity contribution in [2.45, 2.75) is 51.3 Å². The minimum absolute atomic E-state index is 0.0250. The lowest BCUT2D eigenvalue weighted by atomic mass is 10.1. The van der Waals surface area contributed by atoms with Crippen molar-refractivity contribution in [3.8, 4) is 0 Å². The van der Waals surface area contributed by atoms with Crippen molar-refractivity contribution in [3.05, 3.63) is 15.0 Å². The standard InChI is InChI=1S/C13H20BrN3O2S/c1-13(2,3)19-12(18)17-5-4-9(15)10(17)6-8-7-20-11(14)16-8/h7,9-10H,4-6,15H2,1-3H3. The van der Waals surface area contributed by atoms with Crippen LogP contribution in [-0.2, 0) is 11.2 Å². The van der Waals surface area contributed by atoms with Crippen molar-refractivity contribution >= 4 is 33.4 Å². The van der Waals surface area contributed by atoms with Crippen LogP contribution >= 0.6 is 27.3 Å². The predicted octanol–water partition coefficient (Wildman–Crippen LogP) is 2.78. The number of carbonyl (C=O) groups is 1. The van der Waals surface area contributed by atoms with E-state index in [2.05, 4.69) is 20.9 Å². The van der Waals surface area contributed by atoms with Crippen molar-refractivity contribution in [3.63, 3.8) is 0 Å². The van der Waals surface area contributed by atoms with Crippen LogP contribution in [0, 0.1) is 0 Å². The summed E-state index contributed by atoms with van der Waals surface area (Å²) in [6.45, 7) is 6.25. The molecule has 2 heterocycles. The van der Waals surface area contributed by atoms with Crippen molar-refractivity contribution in [2.24, 2.45) is 5.73 Å². The Hall–Kier alpha value is -0.660. The number of hydrogen-bond donors (Lipinski definition) is 1. The van der Waals surface area contributed by atoms with Crippen molar-refractivity contribution < 1.29 is 9.53 Å². The van der Waals surface area contributed by atoms with Crippen LogP contribution in [0.15, 0.2) is 9.30 Å². The molecule has 7 heteroatoms. The normalized spacial score (nSPS) is 23.1. The number of aromatic nitrogens is 1. The van der Waals surface area contributed by atoms with Gasteiger partial charge in [-0.05, 0) is 43.1 Å². The molecule has 0 aliphatic carbocycles. The van der Waals surface area contributed by atoms with E-state index in [1.165, 1.54) is 11.3 Å². The molecule has 0 aromatic carbocycles. The number of rotatable bonds is 2. The first-order valence-corrected chi connectivity index (χ1v) is 8.28. The summed E-state index contributed by atoms with van der Waals surface area (Å²) in [6, 6.07) is -0.0677. The van der Waals surface area contributed by atoms with Crippen LogP contribution in [0.3, 0.4) is 0 Å². The van der Waals surface area contributed by atoms with Gasteiger partial charge in [-0.1, -0.05) is 0 Å². The Morgan fingerprint density at radius 1 is 1.65 bits per heavy atom. The molecule has 0 saturated carbocycles. The van der Waals surface area contributed by atoms with Crippen molar-refractivity contribution in [2.75, 3.05) is 6.54 Å². The molecule has 0 radical (unpaired) electrons. The van der Waals surface area contributed by atoms with Gasteiger partial charge in [0.25, 0.3) is 0 Å². The summed E-state index contributed by atoms with van der Waals surface area (Å²) in [7, 11) is 0. The van der Waals surface area contributed by atoms with E-state index < -0.39 is 5.60 Å². The number of hydrogen-bond acceptors (Lipinski definition) is 5. The van der Waals surface area contributed by atoms with E-state index in [9.17, 15) is 4.79 Å². The molecule has 112 valence electrons. The van der Waals surface area contributed by atoms with Gasteiger partial charge in [0.15, 0.2) is 3.92 Å². The van der Waals surface area contributed by atoms with Gasteiger partial charge in [-0.15, -0.1) is 11.3 Å². The van der Waals surface area contributed by atoms with E-state index in [4.69, 9.17) is 10.5 Å². The Labute approximate surface area is 131 Å². The maximum absolute atomic E-state index is 12.2. The molecule has 0 bridgehead atoms. The summed E-state index contributed by atoms with van der Waals surface area (Å²) in [6.07, 6.45) is 1.18. The van der Waals surface area contributed by atoms with Crippen LogP contribution in [0.1, 0.15) is 32.9 Å². The van der Waals surface area contributed by atoms with E-state index in [0.717, 1.165) is 16.0 Å². The molecule has 1 fully saturated rings. The first kappa shape index (κ1) is 15.7. The molecular formula is C13H20BrN3O2S. The van der Waals surface area contributed by atoms with Crippen molar-refractivity contribution in [1.29, 1.82) is 0 Å². The number of ether oxygens (including phenoxy) is 1. The Morgan fingerprint density at radius 2 is 2.35 bits per heavy atom. The average molecular weight is 362 g/mol. The molecule has 1 aliphatic rings. The third-order valence-electron chi connectivity index (χ3n) is 3.17. The summed E-state index contributed by atoms with van der Waals surface area (Å²) >= 11 is 4.89. The molecule has 1 aromatic rings. The maximum atomic E-state index is 12.2. The van der Waals surface area contributed by atoms with E-state index >= 15 is 0 Å². The fourth-order valence-electron chi connectivity index (χ4n) is 2.28. The van der Waals surface area contributed by atoms with Crippen LogP contribution in [0.2, 0.25) is 0 Å². The molecule has 2 atom stereocenters. The predicted molar refractivity (Wildman–Crippen MR) is 82.8 cm³/mol. The summed E-state index contributed by atoms with van der Waals surface area (Å²) in [5.41, 5.74) is 6.61. The van der Waals surface area contributed by atoms with E-state index in [-0.39, 0.29) is 18.2 Å². The molecule has 2 unspecified atom stereocenters. The fraction of sp³-hybridized carbons (Fsp3) is 0.692. The lowest BCUT2D eigenvalue weighted by molar-refractivity contribution is 0.0220. The second kappa shape index (κ2) is 5.99. The van der Waals surface area contributed by atoms with Gasteiger partial charge in [0.1, 0.15) is 5.60 Å². The molecule has 5 nitrogen and oxygen atoms in total. The zero-order chi connectivity index (χ0) is 14.9. The molecule has 1 aliphatic heterocycles. The Balaban J connectivity index is 2.06. The third kappa shape index (κ3) is 3.93. The minimum Gasteiger partial charge on any atom is -0.444 e. The first-order valence-electron chi connectivity index (χ1n) is 6.61. The molecule has 2 rings (SSSR count). The highest BCUT2D eigenvalue weighted by Crippen LogP contribution is 2.25. The second-order valence-electron chi connectivity index (χ2n) is 5.99. The average Bonchev–Trinajstić information content (AvgIpc) is 2.85. The van der Waals surface area contributed by atoms with Gasteiger partial charge < -0.3 is 15.4 Å². The quantitative estimate of drug-likeness (QED) is 0.879. The summed E-state index contributed by atoms with van der Waals surface area (Å²) in [4.78, 5) is 18.4. The number of carbonyl (C=O) groups excluding carboxylic acids is 1. The molecule has 1 aromatic heterocycles. The SMILES string of the molecule is CC(C)(C)OC(=O)N1CCC(N)C1Cc1csc(Br)n1. The topological polar surface area (TPSA) is 68.5 Å². The maximum Gasteiger partial charge on any atom is 0.410 e. The lowest BCUT2D eigenvalue weighted by Gasteiger charge is -2.29. The Bertz CT molecular complexity index is 486. The van der Waals surface area contributed by atoms with E-state index in [0.29, 0.717) is 13.0 Å². The van der Waals surface area contributed by atoms with E-state index in [1.54, 1.807) is 4.90 Å². The summed E-state index contributed by atoms with van der Waals surface area (Å²) in [5, 5.41) is 1.99. The lowest BCUT2D eigenvalue weighted by Crippen LogP contribution is -2.46. The molecule has 1 saturated heterocycles. The van der Waals surface area contributed by atoms with Crippen molar-refractivity contribution in [1.82, 2.24) is 9.88 Å². The highest BCUT2D eigenvalue weighted by Gasteiger charge is 2.37. The van der Waals surface area contributed by atoms with Crippen LogP contribution < -0.4 is 5.73 Å². The molecule has 1 amide bonds. The van der Waals surface area contributed by atoms with Crippen LogP contribution in [0.5, 0.6) is 0 Å². The minimum atomic E-state index is -0.488. The zero-order valence-corrected chi connectivity index (χ0v) is 14.3. The second-order valence-corrected chi connectivity index (χ2v) is 8.12. The van der Waals surface area contributed by atoms with Gasteiger partial charge in [-0.25, -0.2) is 9.78 Å². The number of amides is 1. The van der Waals surface area contributed by atoms with Gasteiger partial charge in [0.05, 0.1) is 11.7 Å². The Morgan fingerprint density at radius 3 is 2.90 bits per heavy atom.